The van der Waals surface area contributed by atoms with Crippen molar-refractivity contribution in [3.05, 3.63) is 82.9 Å². The number of halogens is 1. The Balaban J connectivity index is 1.76. The minimum absolute atomic E-state index is 0.0143. The zero-order valence-electron chi connectivity index (χ0n) is 15.9. The van der Waals surface area contributed by atoms with Gasteiger partial charge in [-0.25, -0.2) is 0 Å². The van der Waals surface area contributed by atoms with E-state index in [-0.39, 0.29) is 6.42 Å². The average molecular weight is 411 g/mol. The number of aliphatic carboxylic acids is 1. The Morgan fingerprint density at radius 2 is 1.83 bits per heavy atom. The molecule has 0 fully saturated rings. The van der Waals surface area contributed by atoms with Crippen LogP contribution in [-0.2, 0) is 17.8 Å². The molecule has 0 aliphatic carbocycles. The number of benzene rings is 3. The number of carboxylic acids is 1. The minimum atomic E-state index is -0.850. The SMILES string of the molecule is NCCOc1cc(-c2cccc(CNc3ccccc3CC(=O)O)c2)ccc1Cl. The molecule has 6 heteroatoms. The molecule has 0 aliphatic heterocycles. The van der Waals surface area contributed by atoms with E-state index in [2.05, 4.69) is 11.4 Å². The first-order chi connectivity index (χ1) is 14.1. The van der Waals surface area contributed by atoms with Crippen molar-refractivity contribution < 1.29 is 14.6 Å². The second kappa shape index (κ2) is 9.96. The van der Waals surface area contributed by atoms with Crippen molar-refractivity contribution in [2.45, 2.75) is 13.0 Å². The first-order valence-electron chi connectivity index (χ1n) is 9.32. The Bertz CT molecular complexity index is 991. The molecule has 0 saturated heterocycles. The first-order valence-corrected chi connectivity index (χ1v) is 9.70. The summed E-state index contributed by atoms with van der Waals surface area (Å²) in [5.41, 5.74) is 10.2. The highest BCUT2D eigenvalue weighted by atomic mass is 35.5. The maximum Gasteiger partial charge on any atom is 0.307 e. The minimum Gasteiger partial charge on any atom is -0.491 e. The summed E-state index contributed by atoms with van der Waals surface area (Å²) in [5, 5.41) is 13.0. The Kier molecular flexibility index (Phi) is 7.11. The van der Waals surface area contributed by atoms with E-state index in [1.807, 2.05) is 60.7 Å². The molecule has 0 aliphatic rings. The number of nitrogens with two attached hydrogens (primary N) is 1. The van der Waals surface area contributed by atoms with Gasteiger partial charge >= 0.3 is 5.97 Å². The van der Waals surface area contributed by atoms with Crippen molar-refractivity contribution in [3.8, 4) is 16.9 Å². The van der Waals surface area contributed by atoms with Crippen LogP contribution in [0.3, 0.4) is 0 Å². The van der Waals surface area contributed by atoms with Gasteiger partial charge in [-0.1, -0.05) is 54.1 Å². The van der Waals surface area contributed by atoms with Crippen LogP contribution in [-0.4, -0.2) is 24.2 Å². The first kappa shape index (κ1) is 20.7. The molecule has 3 rings (SSSR count). The van der Waals surface area contributed by atoms with Crippen LogP contribution in [0.25, 0.3) is 11.1 Å². The molecule has 0 aromatic heterocycles. The fourth-order valence-electron chi connectivity index (χ4n) is 3.03. The molecule has 4 N–H and O–H groups in total. The molecule has 0 amide bonds. The van der Waals surface area contributed by atoms with Crippen LogP contribution in [0.15, 0.2) is 66.7 Å². The number of rotatable bonds is 9. The largest absolute Gasteiger partial charge is 0.491 e. The molecule has 0 bridgehead atoms. The van der Waals surface area contributed by atoms with Crippen LogP contribution in [0.1, 0.15) is 11.1 Å². The van der Waals surface area contributed by atoms with Gasteiger partial charge in [-0.2, -0.15) is 0 Å². The number of ether oxygens (including phenoxy) is 1. The molecule has 29 heavy (non-hydrogen) atoms. The number of anilines is 1. The predicted molar refractivity (Wildman–Crippen MR) is 117 cm³/mol. The summed E-state index contributed by atoms with van der Waals surface area (Å²) in [4.78, 5) is 11.1. The molecule has 0 radical (unpaired) electrons. The molecule has 0 unspecified atom stereocenters. The maximum atomic E-state index is 11.1. The fourth-order valence-corrected chi connectivity index (χ4v) is 3.20. The lowest BCUT2D eigenvalue weighted by Crippen LogP contribution is -2.10. The standard InChI is InChI=1S/C23H23ClN2O3/c24-20-9-8-18(13-22(20)29-11-10-25)17-6-3-4-16(12-17)15-26-21-7-2-1-5-19(21)14-23(27)28/h1-9,12-13,26H,10-11,14-15,25H2,(H,27,28). The summed E-state index contributed by atoms with van der Waals surface area (Å²) in [6.07, 6.45) is -0.0143. The second-order valence-corrected chi connectivity index (χ2v) is 6.97. The normalized spacial score (nSPS) is 10.6. The molecule has 5 nitrogen and oxygen atoms in total. The molecule has 0 spiro atoms. The van der Waals surface area contributed by atoms with Gasteiger partial charge < -0.3 is 20.9 Å². The van der Waals surface area contributed by atoms with E-state index in [9.17, 15) is 4.79 Å². The molecule has 3 aromatic rings. The van der Waals surface area contributed by atoms with Crippen LogP contribution in [0.5, 0.6) is 5.75 Å². The highest BCUT2D eigenvalue weighted by Crippen LogP contribution is 2.31. The van der Waals surface area contributed by atoms with Gasteiger partial charge in [0.05, 0.1) is 11.4 Å². The van der Waals surface area contributed by atoms with E-state index < -0.39 is 5.97 Å². The molecule has 0 heterocycles. The zero-order chi connectivity index (χ0) is 20.6. The summed E-state index contributed by atoms with van der Waals surface area (Å²) in [5.74, 6) is -0.239. The Hall–Kier alpha value is -3.02. The molecule has 3 aromatic carbocycles. The van der Waals surface area contributed by atoms with E-state index >= 15 is 0 Å². The third-order valence-corrected chi connectivity index (χ3v) is 4.72. The molecule has 150 valence electrons. The van der Waals surface area contributed by atoms with Gasteiger partial charge in [0.2, 0.25) is 0 Å². The van der Waals surface area contributed by atoms with Gasteiger partial charge in [0, 0.05) is 18.8 Å². The van der Waals surface area contributed by atoms with E-state index in [1.165, 1.54) is 0 Å². The van der Waals surface area contributed by atoms with Crippen LogP contribution in [0.4, 0.5) is 5.69 Å². The van der Waals surface area contributed by atoms with Crippen LogP contribution in [0, 0.1) is 0 Å². The Morgan fingerprint density at radius 1 is 1.03 bits per heavy atom. The van der Waals surface area contributed by atoms with E-state index in [0.29, 0.717) is 30.5 Å². The predicted octanol–water partition coefficient (Wildman–Crippen LogP) is 4.58. The molecule has 0 atom stereocenters. The summed E-state index contributed by atoms with van der Waals surface area (Å²) >= 11 is 6.20. The summed E-state index contributed by atoms with van der Waals surface area (Å²) in [6.45, 7) is 1.41. The molecular formula is C23H23ClN2O3. The van der Waals surface area contributed by atoms with Crippen LogP contribution < -0.4 is 15.8 Å². The fraction of sp³-hybridized carbons (Fsp3) is 0.174. The number of hydrogen-bond acceptors (Lipinski definition) is 4. The second-order valence-electron chi connectivity index (χ2n) is 6.56. The smallest absolute Gasteiger partial charge is 0.307 e. The average Bonchev–Trinajstić information content (AvgIpc) is 2.72. The van der Waals surface area contributed by atoms with Crippen LogP contribution >= 0.6 is 11.6 Å². The van der Waals surface area contributed by atoms with Crippen molar-refractivity contribution in [1.82, 2.24) is 0 Å². The third-order valence-electron chi connectivity index (χ3n) is 4.41. The summed E-state index contributed by atoms with van der Waals surface area (Å²) in [7, 11) is 0. The van der Waals surface area contributed by atoms with Crippen molar-refractivity contribution in [2.24, 2.45) is 5.73 Å². The van der Waals surface area contributed by atoms with Gasteiger partial charge in [0.1, 0.15) is 12.4 Å². The van der Waals surface area contributed by atoms with Crippen molar-refractivity contribution in [1.29, 1.82) is 0 Å². The van der Waals surface area contributed by atoms with Crippen LogP contribution in [0.2, 0.25) is 5.02 Å². The quantitative estimate of drug-likeness (QED) is 0.480. The highest BCUT2D eigenvalue weighted by molar-refractivity contribution is 6.32. The van der Waals surface area contributed by atoms with Crippen molar-refractivity contribution in [2.75, 3.05) is 18.5 Å². The lowest BCUT2D eigenvalue weighted by molar-refractivity contribution is -0.136. The maximum absolute atomic E-state index is 11.1. The van der Waals surface area contributed by atoms with Crippen molar-refractivity contribution in [3.63, 3.8) is 0 Å². The number of carbonyl (C=O) groups is 1. The monoisotopic (exact) mass is 410 g/mol. The molecule has 0 saturated carbocycles. The highest BCUT2D eigenvalue weighted by Gasteiger charge is 2.08. The van der Waals surface area contributed by atoms with E-state index in [0.717, 1.165) is 27.9 Å². The van der Waals surface area contributed by atoms with Gasteiger partial charge in [-0.3, -0.25) is 4.79 Å². The van der Waals surface area contributed by atoms with E-state index in [1.54, 1.807) is 0 Å². The van der Waals surface area contributed by atoms with Gasteiger partial charge in [-0.15, -0.1) is 0 Å². The lowest BCUT2D eigenvalue weighted by Gasteiger charge is -2.13. The topological polar surface area (TPSA) is 84.6 Å². The summed E-state index contributed by atoms with van der Waals surface area (Å²) < 4.78 is 5.61. The van der Waals surface area contributed by atoms with E-state index in [4.69, 9.17) is 27.2 Å². The summed E-state index contributed by atoms with van der Waals surface area (Å²) in [6, 6.07) is 21.2. The number of nitrogens with one attached hydrogen (secondary N) is 1. The zero-order valence-corrected chi connectivity index (χ0v) is 16.7. The van der Waals surface area contributed by atoms with Gasteiger partial charge in [-0.05, 0) is 46.5 Å². The Morgan fingerprint density at radius 3 is 2.62 bits per heavy atom. The number of para-hydroxylation sites is 1. The molecular weight excluding hydrogens is 388 g/mol. The lowest BCUT2D eigenvalue weighted by atomic mass is 10.0. The third kappa shape index (κ3) is 5.73. The Labute approximate surface area is 175 Å². The van der Waals surface area contributed by atoms with Crippen molar-refractivity contribution >= 4 is 23.3 Å². The number of carboxylic acid groups (broad SMARTS) is 1. The van der Waals surface area contributed by atoms with Gasteiger partial charge in [0.25, 0.3) is 0 Å². The number of hydrogen-bond donors (Lipinski definition) is 3. The van der Waals surface area contributed by atoms with Gasteiger partial charge in [0.15, 0.2) is 0 Å².